The van der Waals surface area contributed by atoms with Crippen molar-refractivity contribution >= 4 is 39.0 Å². The van der Waals surface area contributed by atoms with E-state index in [0.717, 1.165) is 24.7 Å². The van der Waals surface area contributed by atoms with Gasteiger partial charge in [-0.05, 0) is 37.8 Å². The van der Waals surface area contributed by atoms with Gasteiger partial charge in [0.1, 0.15) is 11.9 Å². The van der Waals surface area contributed by atoms with Gasteiger partial charge in [0.15, 0.2) is 5.65 Å². The van der Waals surface area contributed by atoms with Crippen molar-refractivity contribution < 1.29 is 18.3 Å². The maximum Gasteiger partial charge on any atom is 0.245 e. The summed E-state index contributed by atoms with van der Waals surface area (Å²) in [6.07, 6.45) is 4.46. The summed E-state index contributed by atoms with van der Waals surface area (Å²) in [5, 5.41) is 24.5. The zero-order valence-corrected chi connectivity index (χ0v) is 23.2. The van der Waals surface area contributed by atoms with Crippen molar-refractivity contribution in [3.8, 4) is 6.07 Å². The molecule has 39 heavy (non-hydrogen) atoms. The first-order valence-electron chi connectivity index (χ1n) is 12.8. The Morgan fingerprint density at radius 3 is 2.74 bits per heavy atom. The van der Waals surface area contributed by atoms with E-state index in [0.29, 0.717) is 53.8 Å². The molecule has 2 fully saturated rings. The fourth-order valence-corrected chi connectivity index (χ4v) is 6.33. The zero-order chi connectivity index (χ0) is 27.9. The fourth-order valence-electron chi connectivity index (χ4n) is 5.43. The minimum absolute atomic E-state index is 0.297. The second-order valence-corrected chi connectivity index (χ2v) is 12.4. The van der Waals surface area contributed by atoms with Gasteiger partial charge < -0.3 is 14.9 Å². The lowest BCUT2D eigenvalue weighted by atomic mass is 9.97. The van der Waals surface area contributed by atoms with Gasteiger partial charge >= 0.3 is 0 Å². The number of aliphatic hydroxyl groups excluding tert-OH is 1. The van der Waals surface area contributed by atoms with E-state index < -0.39 is 34.0 Å². The van der Waals surface area contributed by atoms with Crippen LogP contribution in [0.2, 0.25) is 5.02 Å². The lowest BCUT2D eigenvalue weighted by Gasteiger charge is -2.37. The SMILES string of the molecule is Cc1cn2nc([C@@H]3CCCCN3C(=O)C(NS(C)(=O)=O)c3ccccc3Cl)cc2nc1N1C[C@@H](C#N)[C@@H](O)C1. The van der Waals surface area contributed by atoms with Crippen LogP contribution >= 0.6 is 11.6 Å². The summed E-state index contributed by atoms with van der Waals surface area (Å²) < 4.78 is 28.6. The molecule has 11 nitrogen and oxygen atoms in total. The molecule has 206 valence electrons. The lowest BCUT2D eigenvalue weighted by Crippen LogP contribution is -2.46. The van der Waals surface area contributed by atoms with E-state index in [1.807, 2.05) is 24.1 Å². The average Bonchev–Trinajstić information content (AvgIpc) is 3.48. The first kappa shape index (κ1) is 27.3. The summed E-state index contributed by atoms with van der Waals surface area (Å²) in [6.45, 7) is 3.06. The molecule has 3 aromatic rings. The Hall–Kier alpha value is -3.24. The van der Waals surface area contributed by atoms with Gasteiger partial charge in [-0.1, -0.05) is 29.8 Å². The summed E-state index contributed by atoms with van der Waals surface area (Å²) in [4.78, 5) is 22.3. The van der Waals surface area contributed by atoms with Crippen LogP contribution in [0.5, 0.6) is 0 Å². The van der Waals surface area contributed by atoms with Gasteiger partial charge in [0.25, 0.3) is 0 Å². The number of anilines is 1. The number of fused-ring (bicyclic) bond motifs is 1. The maximum absolute atomic E-state index is 13.9. The molecule has 4 heterocycles. The van der Waals surface area contributed by atoms with Crippen LogP contribution in [0.15, 0.2) is 36.5 Å². The van der Waals surface area contributed by atoms with Crippen LogP contribution in [-0.4, -0.2) is 70.9 Å². The van der Waals surface area contributed by atoms with Gasteiger partial charge in [-0.2, -0.15) is 15.1 Å². The van der Waals surface area contributed by atoms with Crippen molar-refractivity contribution in [3.05, 3.63) is 58.4 Å². The molecule has 0 radical (unpaired) electrons. The molecule has 2 N–H and O–H groups in total. The van der Waals surface area contributed by atoms with E-state index in [1.165, 1.54) is 0 Å². The molecule has 0 aliphatic carbocycles. The van der Waals surface area contributed by atoms with Gasteiger partial charge in [0.2, 0.25) is 15.9 Å². The van der Waals surface area contributed by atoms with E-state index in [1.54, 1.807) is 33.7 Å². The Morgan fingerprint density at radius 1 is 1.28 bits per heavy atom. The molecule has 13 heteroatoms. The van der Waals surface area contributed by atoms with E-state index >= 15 is 0 Å². The van der Waals surface area contributed by atoms with Gasteiger partial charge in [0.05, 0.1) is 36.1 Å². The quantitative estimate of drug-likeness (QED) is 0.459. The Morgan fingerprint density at radius 2 is 2.05 bits per heavy atom. The highest BCUT2D eigenvalue weighted by atomic mass is 35.5. The predicted octanol–water partition coefficient (Wildman–Crippen LogP) is 2.36. The van der Waals surface area contributed by atoms with Crippen LogP contribution in [0.3, 0.4) is 0 Å². The molecular formula is C26H30ClN7O4S. The van der Waals surface area contributed by atoms with Crippen LogP contribution in [0, 0.1) is 24.2 Å². The fraction of sp³-hybridized carbons (Fsp3) is 0.462. The second kappa shape index (κ2) is 10.7. The second-order valence-electron chi connectivity index (χ2n) is 10.2. The van der Waals surface area contributed by atoms with Crippen LogP contribution < -0.4 is 9.62 Å². The highest BCUT2D eigenvalue weighted by Gasteiger charge is 2.37. The highest BCUT2D eigenvalue weighted by Crippen LogP contribution is 2.35. The number of halogens is 1. The predicted molar refractivity (Wildman–Crippen MR) is 146 cm³/mol. The number of piperidine rings is 1. The van der Waals surface area contributed by atoms with Gasteiger partial charge in [-0.3, -0.25) is 4.79 Å². The number of rotatable bonds is 6. The van der Waals surface area contributed by atoms with Gasteiger partial charge in [0, 0.05) is 42.5 Å². The number of nitrogens with zero attached hydrogens (tertiary/aromatic N) is 6. The van der Waals surface area contributed by atoms with Crippen LogP contribution in [-0.2, 0) is 14.8 Å². The maximum atomic E-state index is 13.9. The molecule has 4 atom stereocenters. The normalized spacial score (nSPS) is 22.7. The summed E-state index contributed by atoms with van der Waals surface area (Å²) in [5.74, 6) is -0.191. The van der Waals surface area contributed by atoms with Crippen molar-refractivity contribution in [2.45, 2.75) is 44.4 Å². The zero-order valence-electron chi connectivity index (χ0n) is 21.7. The molecule has 1 aromatic carbocycles. The number of hydrogen-bond donors (Lipinski definition) is 2. The number of carbonyl (C=O) groups is 1. The average molecular weight is 572 g/mol. The van der Waals surface area contributed by atoms with Crippen molar-refractivity contribution in [1.82, 2.24) is 24.2 Å². The number of benzene rings is 1. The third-order valence-electron chi connectivity index (χ3n) is 7.30. The number of β-amino-alcohol motifs (C(OH)–C–C–N with tert-alkyl or cyclic N) is 1. The third-order valence-corrected chi connectivity index (χ3v) is 8.31. The van der Waals surface area contributed by atoms with Crippen LogP contribution in [0.1, 0.15) is 48.2 Å². The molecular weight excluding hydrogens is 542 g/mol. The number of carbonyl (C=O) groups excluding carboxylic acids is 1. The largest absolute Gasteiger partial charge is 0.390 e. The number of hydrogen-bond acceptors (Lipinski definition) is 8. The summed E-state index contributed by atoms with van der Waals surface area (Å²) >= 11 is 6.38. The Balaban J connectivity index is 1.48. The molecule has 2 aromatic heterocycles. The smallest absolute Gasteiger partial charge is 0.245 e. The molecule has 5 rings (SSSR count). The minimum atomic E-state index is -3.73. The molecule has 2 aliphatic heterocycles. The molecule has 2 aliphatic rings. The first-order valence-corrected chi connectivity index (χ1v) is 15.0. The minimum Gasteiger partial charge on any atom is -0.390 e. The first-order chi connectivity index (χ1) is 18.6. The van der Waals surface area contributed by atoms with E-state index in [4.69, 9.17) is 21.7 Å². The number of nitriles is 1. The van der Waals surface area contributed by atoms with E-state index in [2.05, 4.69) is 10.8 Å². The van der Waals surface area contributed by atoms with E-state index in [9.17, 15) is 23.6 Å². The molecule has 0 saturated carbocycles. The number of sulfonamides is 1. The van der Waals surface area contributed by atoms with E-state index in [-0.39, 0.29) is 6.04 Å². The van der Waals surface area contributed by atoms with Crippen molar-refractivity contribution in [1.29, 1.82) is 5.26 Å². The number of aliphatic hydroxyl groups is 1. The Bertz CT molecular complexity index is 1550. The monoisotopic (exact) mass is 571 g/mol. The number of likely N-dealkylation sites (tertiary alicyclic amines) is 1. The third kappa shape index (κ3) is 5.58. The van der Waals surface area contributed by atoms with Crippen molar-refractivity contribution in [2.75, 3.05) is 30.8 Å². The molecule has 2 saturated heterocycles. The molecule has 0 bridgehead atoms. The molecule has 1 amide bonds. The number of nitrogens with one attached hydrogen (secondary N) is 1. The van der Waals surface area contributed by atoms with Crippen molar-refractivity contribution in [2.24, 2.45) is 5.92 Å². The van der Waals surface area contributed by atoms with Crippen molar-refractivity contribution in [3.63, 3.8) is 0 Å². The summed E-state index contributed by atoms with van der Waals surface area (Å²) in [6, 6.07) is 9.14. The molecule has 1 unspecified atom stereocenters. The Kier molecular flexibility index (Phi) is 7.52. The standard InChI is InChI=1S/C26H30ClN7O4S/c1-16-13-34-23(29-25(16)32-14-17(12-28)22(35)15-32)11-20(30-34)21-9-5-6-10-33(21)26(36)24(31-39(2,37)38)18-7-3-4-8-19(18)27/h3-4,7-8,11,13,17,21-22,24,31,35H,5-6,9-10,14-15H2,1-2H3/t17-,21+,22+,24?/m1/s1. The Labute approximate surface area is 232 Å². The van der Waals surface area contributed by atoms with Crippen LogP contribution in [0.4, 0.5) is 5.82 Å². The number of aryl methyl sites for hydroxylation is 1. The lowest BCUT2D eigenvalue weighted by molar-refractivity contribution is -0.137. The topological polar surface area (TPSA) is 144 Å². The highest BCUT2D eigenvalue weighted by molar-refractivity contribution is 7.88. The number of aromatic nitrogens is 3. The summed E-state index contributed by atoms with van der Waals surface area (Å²) in [5.41, 5.74) is 2.46. The molecule has 0 spiro atoms. The summed E-state index contributed by atoms with van der Waals surface area (Å²) in [7, 11) is -3.73. The van der Waals surface area contributed by atoms with Gasteiger partial charge in [-0.15, -0.1) is 0 Å². The van der Waals surface area contributed by atoms with Crippen LogP contribution in [0.25, 0.3) is 5.65 Å². The van der Waals surface area contributed by atoms with Gasteiger partial charge in [-0.25, -0.2) is 17.9 Å². The number of amides is 1.